The highest BCUT2D eigenvalue weighted by Gasteiger charge is 2.33. The van der Waals surface area contributed by atoms with Gasteiger partial charge in [-0.1, -0.05) is 36.1 Å². The van der Waals surface area contributed by atoms with Gasteiger partial charge in [-0.05, 0) is 73.0 Å². The number of thiocarbonyl (C=S) groups is 1. The van der Waals surface area contributed by atoms with Crippen LogP contribution in [0.2, 0.25) is 0 Å². The number of nitro benzene ring substituents is 1. The Morgan fingerprint density at radius 3 is 2.47 bits per heavy atom. The van der Waals surface area contributed by atoms with Gasteiger partial charge in [0.2, 0.25) is 0 Å². The van der Waals surface area contributed by atoms with Crippen molar-refractivity contribution in [2.24, 2.45) is 0 Å². The summed E-state index contributed by atoms with van der Waals surface area (Å²) in [4.78, 5) is 37.5. The number of nitrogens with zero attached hydrogens (tertiary/aromatic N) is 2. The van der Waals surface area contributed by atoms with Gasteiger partial charge >= 0.3 is 0 Å². The van der Waals surface area contributed by atoms with E-state index in [0.29, 0.717) is 37.7 Å². The van der Waals surface area contributed by atoms with Gasteiger partial charge in [-0.3, -0.25) is 24.6 Å². The molecule has 0 aliphatic carbocycles. The number of aryl methyl sites for hydroxylation is 2. The third kappa shape index (κ3) is 6.01. The number of anilines is 2. The summed E-state index contributed by atoms with van der Waals surface area (Å²) in [6, 6.07) is 16.4. The van der Waals surface area contributed by atoms with Gasteiger partial charge < -0.3 is 14.8 Å². The van der Waals surface area contributed by atoms with E-state index in [4.69, 9.17) is 21.7 Å². The van der Waals surface area contributed by atoms with Crippen LogP contribution >= 0.6 is 24.0 Å². The molecule has 3 aromatic rings. The van der Waals surface area contributed by atoms with Crippen molar-refractivity contribution in [2.75, 3.05) is 23.9 Å². The quantitative estimate of drug-likeness (QED) is 0.166. The number of benzene rings is 3. The average molecular weight is 550 g/mol. The maximum Gasteiger partial charge on any atom is 0.270 e. The van der Waals surface area contributed by atoms with Crippen LogP contribution in [0.3, 0.4) is 0 Å². The topological polar surface area (TPSA) is 111 Å². The normalized spacial score (nSPS) is 14.1. The number of methoxy groups -OCH3 is 1. The minimum atomic E-state index is -0.508. The Balaban J connectivity index is 1.44. The van der Waals surface area contributed by atoms with Gasteiger partial charge in [-0.25, -0.2) is 0 Å². The van der Waals surface area contributed by atoms with Gasteiger partial charge in [0.1, 0.15) is 0 Å². The second kappa shape index (κ2) is 11.4. The van der Waals surface area contributed by atoms with Crippen molar-refractivity contribution in [3.8, 4) is 11.5 Å². The standard InChI is InChI=1S/C27H23N3O6S2/c1-16-4-6-19(12-17(16)2)28-25(31)15-36-22-11-5-18(13-23(22)35-3)14-24-26(32)29(27(37)38-24)20-7-9-21(10-8-20)30(33)34/h4-14H,15H2,1-3H3,(H,28,31)/b24-14-. The summed E-state index contributed by atoms with van der Waals surface area (Å²) in [5.41, 5.74) is 3.94. The largest absolute Gasteiger partial charge is 0.493 e. The van der Waals surface area contributed by atoms with Crippen LogP contribution in [0.4, 0.5) is 17.1 Å². The number of carbonyl (C=O) groups is 2. The first-order valence-electron chi connectivity index (χ1n) is 11.4. The first kappa shape index (κ1) is 26.8. The van der Waals surface area contributed by atoms with Crippen molar-refractivity contribution < 1.29 is 24.0 Å². The molecular weight excluding hydrogens is 526 g/mol. The molecule has 0 bridgehead atoms. The minimum Gasteiger partial charge on any atom is -0.493 e. The summed E-state index contributed by atoms with van der Waals surface area (Å²) >= 11 is 6.50. The van der Waals surface area contributed by atoms with Gasteiger partial charge in [-0.2, -0.15) is 0 Å². The fourth-order valence-corrected chi connectivity index (χ4v) is 4.92. The van der Waals surface area contributed by atoms with Crippen LogP contribution in [0.15, 0.2) is 65.6 Å². The summed E-state index contributed by atoms with van der Waals surface area (Å²) in [7, 11) is 1.48. The van der Waals surface area contributed by atoms with Crippen molar-refractivity contribution >= 4 is 63.3 Å². The van der Waals surface area contributed by atoms with Crippen molar-refractivity contribution in [2.45, 2.75) is 13.8 Å². The number of hydrogen-bond donors (Lipinski definition) is 1. The van der Waals surface area contributed by atoms with E-state index in [2.05, 4.69) is 5.32 Å². The lowest BCUT2D eigenvalue weighted by atomic mass is 10.1. The highest BCUT2D eigenvalue weighted by atomic mass is 32.2. The number of carbonyl (C=O) groups excluding carboxylic acids is 2. The summed E-state index contributed by atoms with van der Waals surface area (Å²) < 4.78 is 11.4. The van der Waals surface area contributed by atoms with E-state index < -0.39 is 4.92 Å². The van der Waals surface area contributed by atoms with Crippen LogP contribution in [-0.2, 0) is 9.59 Å². The van der Waals surface area contributed by atoms with Crippen LogP contribution < -0.4 is 19.7 Å². The number of nitrogens with one attached hydrogen (secondary N) is 1. The van der Waals surface area contributed by atoms with Crippen molar-refractivity contribution in [3.05, 3.63) is 92.4 Å². The van der Waals surface area contributed by atoms with E-state index in [1.54, 1.807) is 24.3 Å². The molecule has 1 aliphatic rings. The zero-order valence-electron chi connectivity index (χ0n) is 20.7. The molecule has 1 heterocycles. The third-order valence-electron chi connectivity index (χ3n) is 5.75. The van der Waals surface area contributed by atoms with Gasteiger partial charge in [0.05, 0.1) is 22.6 Å². The molecule has 0 spiro atoms. The molecule has 9 nitrogen and oxygen atoms in total. The lowest BCUT2D eigenvalue weighted by molar-refractivity contribution is -0.384. The Kier molecular flexibility index (Phi) is 8.08. The van der Waals surface area contributed by atoms with E-state index in [1.807, 2.05) is 32.0 Å². The third-order valence-corrected chi connectivity index (χ3v) is 7.05. The molecule has 194 valence electrons. The molecule has 0 unspecified atom stereocenters. The summed E-state index contributed by atoms with van der Waals surface area (Å²) in [5.74, 6) is 0.118. The highest BCUT2D eigenvalue weighted by molar-refractivity contribution is 8.27. The Bertz CT molecular complexity index is 1470. The second-order valence-electron chi connectivity index (χ2n) is 8.34. The van der Waals surface area contributed by atoms with E-state index in [9.17, 15) is 19.7 Å². The first-order valence-corrected chi connectivity index (χ1v) is 12.6. The smallest absolute Gasteiger partial charge is 0.270 e. The first-order chi connectivity index (χ1) is 18.2. The molecule has 1 N–H and O–H groups in total. The molecule has 1 saturated heterocycles. The second-order valence-corrected chi connectivity index (χ2v) is 10.0. The summed E-state index contributed by atoms with van der Waals surface area (Å²) in [5, 5.41) is 13.7. The van der Waals surface area contributed by atoms with E-state index in [0.717, 1.165) is 22.9 Å². The molecule has 3 aromatic carbocycles. The molecule has 11 heteroatoms. The maximum absolute atomic E-state index is 13.0. The van der Waals surface area contributed by atoms with E-state index >= 15 is 0 Å². The van der Waals surface area contributed by atoms with E-state index in [1.165, 1.54) is 36.3 Å². The van der Waals surface area contributed by atoms with Crippen LogP contribution in [0.1, 0.15) is 16.7 Å². The molecule has 0 radical (unpaired) electrons. The fourth-order valence-electron chi connectivity index (χ4n) is 3.62. The Morgan fingerprint density at radius 2 is 1.82 bits per heavy atom. The number of amides is 2. The molecular formula is C27H23N3O6S2. The number of thioether (sulfide) groups is 1. The maximum atomic E-state index is 13.0. The zero-order chi connectivity index (χ0) is 27.4. The predicted octanol–water partition coefficient (Wildman–Crippen LogP) is 5.64. The van der Waals surface area contributed by atoms with Crippen LogP contribution in [0.5, 0.6) is 11.5 Å². The molecule has 4 rings (SSSR count). The van der Waals surface area contributed by atoms with Crippen LogP contribution in [0.25, 0.3) is 6.08 Å². The molecule has 0 atom stereocenters. The van der Waals surface area contributed by atoms with Crippen molar-refractivity contribution in [3.63, 3.8) is 0 Å². The summed E-state index contributed by atoms with van der Waals surface area (Å²) in [6.07, 6.45) is 1.67. The lowest BCUT2D eigenvalue weighted by Crippen LogP contribution is -2.27. The van der Waals surface area contributed by atoms with Crippen LogP contribution in [-0.4, -0.2) is 34.8 Å². The van der Waals surface area contributed by atoms with Gasteiger partial charge in [0.25, 0.3) is 17.5 Å². The van der Waals surface area contributed by atoms with E-state index in [-0.39, 0.29) is 24.1 Å². The number of hydrogen-bond acceptors (Lipinski definition) is 8. The molecule has 2 amide bonds. The Labute approximate surface area is 228 Å². The number of ether oxygens (including phenoxy) is 2. The number of rotatable bonds is 8. The zero-order valence-corrected chi connectivity index (χ0v) is 22.4. The van der Waals surface area contributed by atoms with Crippen LogP contribution in [0, 0.1) is 24.0 Å². The molecule has 1 aliphatic heterocycles. The predicted molar refractivity (Wildman–Crippen MR) is 152 cm³/mol. The number of nitro groups is 1. The lowest BCUT2D eigenvalue weighted by Gasteiger charge is -2.14. The van der Waals surface area contributed by atoms with Crippen molar-refractivity contribution in [1.29, 1.82) is 0 Å². The fraction of sp³-hybridized carbons (Fsp3) is 0.148. The Hall–Kier alpha value is -4.22. The van der Waals surface area contributed by atoms with Crippen molar-refractivity contribution in [1.82, 2.24) is 0 Å². The van der Waals surface area contributed by atoms with Gasteiger partial charge in [0, 0.05) is 17.8 Å². The molecule has 0 aromatic heterocycles. The summed E-state index contributed by atoms with van der Waals surface area (Å²) in [6.45, 7) is 3.76. The van der Waals surface area contributed by atoms with Gasteiger partial charge in [0.15, 0.2) is 22.4 Å². The van der Waals surface area contributed by atoms with Gasteiger partial charge in [-0.15, -0.1) is 0 Å². The monoisotopic (exact) mass is 549 g/mol. The average Bonchev–Trinajstić information content (AvgIpc) is 3.17. The number of non-ortho nitro benzene ring substituents is 1. The minimum absolute atomic E-state index is 0.0770. The SMILES string of the molecule is COc1cc(/C=C2\SC(=S)N(c3ccc([N+](=O)[O-])cc3)C2=O)ccc1OCC(=O)Nc1ccc(C)c(C)c1. The highest BCUT2D eigenvalue weighted by Crippen LogP contribution is 2.37. The Morgan fingerprint density at radius 1 is 1.08 bits per heavy atom. The molecule has 1 fully saturated rings. The molecule has 0 saturated carbocycles. The molecule has 38 heavy (non-hydrogen) atoms.